The van der Waals surface area contributed by atoms with Crippen molar-refractivity contribution in [2.45, 2.75) is 18.3 Å². The summed E-state index contributed by atoms with van der Waals surface area (Å²) in [6.45, 7) is 0.318. The maximum atomic E-state index is 12.4. The average Bonchev–Trinajstić information content (AvgIpc) is 3.09. The largest absolute Gasteiger partial charge is 0.550 e. The third-order valence-corrected chi connectivity index (χ3v) is 5.84. The quantitative estimate of drug-likeness (QED) is 0.607. The van der Waals surface area contributed by atoms with Gasteiger partial charge in [0, 0.05) is 29.4 Å². The minimum Gasteiger partial charge on any atom is -0.550 e. The molecule has 31 heavy (non-hydrogen) atoms. The molecule has 0 fully saturated rings. The van der Waals surface area contributed by atoms with Gasteiger partial charge in [0.15, 0.2) is 0 Å². The summed E-state index contributed by atoms with van der Waals surface area (Å²) in [4.78, 5) is 23.5. The van der Waals surface area contributed by atoms with Gasteiger partial charge in [-0.2, -0.15) is 0 Å². The number of alkyl carbamates (subject to hydrolysis) is 1. The smallest absolute Gasteiger partial charge is 0.407 e. The first-order chi connectivity index (χ1) is 15.0. The molecule has 0 aliphatic heterocycles. The number of carboxylic acid groups (broad SMARTS) is 1. The van der Waals surface area contributed by atoms with Crippen molar-refractivity contribution in [1.82, 2.24) is 5.32 Å². The van der Waals surface area contributed by atoms with Gasteiger partial charge in [0.2, 0.25) is 0 Å². The molecule has 1 aliphatic carbocycles. The molecule has 4 rings (SSSR count). The van der Waals surface area contributed by atoms with Crippen LogP contribution in [-0.2, 0) is 9.53 Å². The second-order valence-electron chi connectivity index (χ2n) is 7.53. The molecule has 0 heterocycles. The van der Waals surface area contributed by atoms with E-state index in [0.717, 1.165) is 27.8 Å². The maximum Gasteiger partial charge on any atom is 0.407 e. The molecule has 0 saturated carbocycles. The molecule has 0 spiro atoms. The number of benzene rings is 3. The SMILES string of the molecule is O=C([O-])C[C@@H](CNC(=O)OCC1c2ccccc2-c2ccccc21)c1ccc(Cl)cc1. The topological polar surface area (TPSA) is 78.5 Å². The summed E-state index contributed by atoms with van der Waals surface area (Å²) in [6, 6.07) is 23.1. The van der Waals surface area contributed by atoms with Gasteiger partial charge >= 0.3 is 6.09 Å². The van der Waals surface area contributed by atoms with E-state index in [1.54, 1.807) is 24.3 Å². The molecule has 1 aliphatic rings. The van der Waals surface area contributed by atoms with Crippen molar-refractivity contribution in [2.75, 3.05) is 13.2 Å². The molecule has 5 nitrogen and oxygen atoms in total. The molecule has 158 valence electrons. The summed E-state index contributed by atoms with van der Waals surface area (Å²) >= 11 is 5.91. The maximum absolute atomic E-state index is 12.4. The van der Waals surface area contributed by atoms with Gasteiger partial charge in [0.25, 0.3) is 0 Å². The van der Waals surface area contributed by atoms with Gasteiger partial charge in [-0.25, -0.2) is 4.79 Å². The van der Waals surface area contributed by atoms with Crippen LogP contribution in [-0.4, -0.2) is 25.2 Å². The van der Waals surface area contributed by atoms with Crippen molar-refractivity contribution in [3.63, 3.8) is 0 Å². The molecule has 1 atom stereocenters. The number of amides is 1. The van der Waals surface area contributed by atoms with E-state index in [9.17, 15) is 14.7 Å². The van der Waals surface area contributed by atoms with Gasteiger partial charge in [-0.15, -0.1) is 0 Å². The number of carbonyl (C=O) groups is 2. The number of halogens is 1. The number of rotatable bonds is 7. The van der Waals surface area contributed by atoms with Crippen LogP contribution in [0, 0.1) is 0 Å². The highest BCUT2D eigenvalue weighted by Gasteiger charge is 2.29. The van der Waals surface area contributed by atoms with Crippen LogP contribution < -0.4 is 10.4 Å². The molecule has 6 heteroatoms. The van der Waals surface area contributed by atoms with Crippen LogP contribution >= 0.6 is 11.6 Å². The van der Waals surface area contributed by atoms with Gasteiger partial charge in [-0.3, -0.25) is 0 Å². The Morgan fingerprint density at radius 1 is 0.935 bits per heavy atom. The van der Waals surface area contributed by atoms with Crippen molar-refractivity contribution in [3.05, 3.63) is 94.5 Å². The molecule has 0 unspecified atom stereocenters. The number of carboxylic acids is 1. The molecule has 0 aromatic heterocycles. The molecular weight excluding hydrogens is 414 g/mol. The zero-order valence-electron chi connectivity index (χ0n) is 16.7. The van der Waals surface area contributed by atoms with Crippen LogP contribution in [0.2, 0.25) is 5.02 Å². The van der Waals surface area contributed by atoms with E-state index in [1.165, 1.54) is 0 Å². The van der Waals surface area contributed by atoms with Gasteiger partial charge in [-0.1, -0.05) is 72.3 Å². The van der Waals surface area contributed by atoms with Crippen LogP contribution in [0.25, 0.3) is 11.1 Å². The minimum atomic E-state index is -1.19. The van der Waals surface area contributed by atoms with Gasteiger partial charge in [0.05, 0.1) is 0 Å². The average molecular weight is 435 g/mol. The fraction of sp³-hybridized carbons (Fsp3) is 0.200. The molecular formula is C25H21ClNO4-. The van der Waals surface area contributed by atoms with Crippen LogP contribution in [0.15, 0.2) is 72.8 Å². The zero-order chi connectivity index (χ0) is 21.8. The fourth-order valence-electron chi connectivity index (χ4n) is 4.10. The Hall–Kier alpha value is -3.31. The lowest BCUT2D eigenvalue weighted by atomic mass is 9.96. The van der Waals surface area contributed by atoms with Crippen molar-refractivity contribution in [2.24, 2.45) is 0 Å². The second kappa shape index (κ2) is 9.23. The van der Waals surface area contributed by atoms with Gasteiger partial charge in [-0.05, 0) is 46.4 Å². The van der Waals surface area contributed by atoms with Crippen LogP contribution in [0.5, 0.6) is 0 Å². The normalized spacial score (nSPS) is 13.2. The van der Waals surface area contributed by atoms with Crippen molar-refractivity contribution < 1.29 is 19.4 Å². The van der Waals surface area contributed by atoms with Crippen LogP contribution in [0.3, 0.4) is 0 Å². The van der Waals surface area contributed by atoms with Gasteiger partial charge < -0.3 is 20.0 Å². The predicted octanol–water partition coefficient (Wildman–Crippen LogP) is 4.10. The third-order valence-electron chi connectivity index (χ3n) is 5.59. The molecule has 1 amide bonds. The number of hydrogen-bond donors (Lipinski definition) is 1. The molecule has 1 N–H and O–H groups in total. The number of carbonyl (C=O) groups excluding carboxylic acids is 2. The molecule has 0 bridgehead atoms. The number of fused-ring (bicyclic) bond motifs is 3. The lowest BCUT2D eigenvalue weighted by molar-refractivity contribution is -0.306. The number of hydrogen-bond acceptors (Lipinski definition) is 4. The predicted molar refractivity (Wildman–Crippen MR) is 117 cm³/mol. The third kappa shape index (κ3) is 4.72. The second-order valence-corrected chi connectivity index (χ2v) is 7.97. The summed E-state index contributed by atoms with van der Waals surface area (Å²) in [6.07, 6.45) is -0.801. The van der Waals surface area contributed by atoms with Crippen molar-refractivity contribution in [1.29, 1.82) is 0 Å². The summed E-state index contributed by atoms with van der Waals surface area (Å²) in [5.74, 6) is -1.66. The lowest BCUT2D eigenvalue weighted by Gasteiger charge is -2.19. The van der Waals surface area contributed by atoms with Crippen LogP contribution in [0.1, 0.15) is 34.9 Å². The van der Waals surface area contributed by atoms with E-state index in [-0.39, 0.29) is 25.5 Å². The number of nitrogens with one attached hydrogen (secondary N) is 1. The van der Waals surface area contributed by atoms with Crippen molar-refractivity contribution >= 4 is 23.7 Å². The molecule has 3 aromatic carbocycles. The minimum absolute atomic E-state index is 0.0339. The Kier molecular flexibility index (Phi) is 6.23. The number of aliphatic carboxylic acids is 1. The highest BCUT2D eigenvalue weighted by molar-refractivity contribution is 6.30. The summed E-state index contributed by atoms with van der Waals surface area (Å²) in [5.41, 5.74) is 5.33. The first kappa shape index (κ1) is 20.9. The Labute approximate surface area is 185 Å². The molecule has 0 radical (unpaired) electrons. The monoisotopic (exact) mass is 434 g/mol. The Bertz CT molecular complexity index is 1050. The van der Waals surface area contributed by atoms with Crippen LogP contribution in [0.4, 0.5) is 4.79 Å². The number of ether oxygens (including phenoxy) is 1. The standard InChI is InChI=1S/C25H22ClNO4/c26-18-11-9-16(10-12-18)17(13-24(28)29)14-27-25(30)31-15-23-21-7-3-1-5-19(21)20-6-2-4-8-22(20)23/h1-12,17,23H,13-15H2,(H,27,30)(H,28,29)/p-1/t17-/m0/s1. The molecule has 3 aromatic rings. The summed E-state index contributed by atoms with van der Waals surface area (Å²) in [7, 11) is 0. The first-order valence-corrected chi connectivity index (χ1v) is 10.4. The van der Waals surface area contributed by atoms with E-state index in [0.29, 0.717) is 5.02 Å². The van der Waals surface area contributed by atoms with E-state index in [4.69, 9.17) is 16.3 Å². The Morgan fingerprint density at radius 3 is 2.10 bits per heavy atom. The highest BCUT2D eigenvalue weighted by atomic mass is 35.5. The van der Waals surface area contributed by atoms with E-state index >= 15 is 0 Å². The summed E-state index contributed by atoms with van der Waals surface area (Å²) < 4.78 is 5.52. The fourth-order valence-corrected chi connectivity index (χ4v) is 4.23. The van der Waals surface area contributed by atoms with Gasteiger partial charge in [0.1, 0.15) is 6.61 Å². The van der Waals surface area contributed by atoms with Crippen molar-refractivity contribution in [3.8, 4) is 11.1 Å². The lowest BCUT2D eigenvalue weighted by Crippen LogP contribution is -2.33. The zero-order valence-corrected chi connectivity index (χ0v) is 17.5. The summed E-state index contributed by atoms with van der Waals surface area (Å²) in [5, 5.41) is 14.4. The first-order valence-electron chi connectivity index (χ1n) is 10.1. The van der Waals surface area contributed by atoms with E-state index < -0.39 is 18.0 Å². The molecule has 0 saturated heterocycles. The Balaban J connectivity index is 1.40. The highest BCUT2D eigenvalue weighted by Crippen LogP contribution is 2.44. The van der Waals surface area contributed by atoms with E-state index in [2.05, 4.69) is 29.6 Å². The Morgan fingerprint density at radius 2 is 1.52 bits per heavy atom. The van der Waals surface area contributed by atoms with E-state index in [1.807, 2.05) is 24.3 Å².